The van der Waals surface area contributed by atoms with Gasteiger partial charge in [0.1, 0.15) is 0 Å². The number of benzene rings is 1. The Hall–Kier alpha value is -0.980. The van der Waals surface area contributed by atoms with Crippen molar-refractivity contribution in [1.82, 2.24) is 0 Å². The molecule has 0 aromatic heterocycles. The van der Waals surface area contributed by atoms with E-state index in [4.69, 9.17) is 0 Å². The third-order valence-corrected chi connectivity index (χ3v) is 4.14. The van der Waals surface area contributed by atoms with Crippen molar-refractivity contribution in [2.75, 3.05) is 5.32 Å². The number of anilines is 1. The Balaban J connectivity index is 1.68. The molecule has 2 saturated carbocycles. The minimum Gasteiger partial charge on any atom is -0.382 e. The highest BCUT2D eigenvalue weighted by Gasteiger charge is 2.39. The van der Waals surface area contributed by atoms with Crippen LogP contribution >= 0.6 is 0 Å². The first-order valence-corrected chi connectivity index (χ1v) is 6.14. The van der Waals surface area contributed by atoms with Gasteiger partial charge >= 0.3 is 0 Å². The van der Waals surface area contributed by atoms with Gasteiger partial charge in [-0.1, -0.05) is 24.1 Å². The van der Waals surface area contributed by atoms with Crippen LogP contribution in [0, 0.1) is 18.8 Å². The minimum absolute atomic E-state index is 0.756. The summed E-state index contributed by atoms with van der Waals surface area (Å²) in [4.78, 5) is 0. The fourth-order valence-electron chi connectivity index (χ4n) is 3.29. The fraction of sp³-hybridized carbons (Fsp3) is 0.571. The van der Waals surface area contributed by atoms with Gasteiger partial charge in [0.2, 0.25) is 0 Å². The summed E-state index contributed by atoms with van der Waals surface area (Å²) in [5.74, 6) is 1.98. The van der Waals surface area contributed by atoms with E-state index in [1.54, 1.807) is 0 Å². The van der Waals surface area contributed by atoms with Gasteiger partial charge in [0.05, 0.1) is 0 Å². The topological polar surface area (TPSA) is 12.0 Å². The first-order chi connectivity index (χ1) is 7.31. The molecule has 0 spiro atoms. The van der Waals surface area contributed by atoms with Crippen LogP contribution in [0.5, 0.6) is 0 Å². The summed E-state index contributed by atoms with van der Waals surface area (Å²) in [6.45, 7) is 2.14. The van der Waals surface area contributed by atoms with Crippen molar-refractivity contribution in [2.24, 2.45) is 11.8 Å². The molecular formula is C14H19N. The lowest BCUT2D eigenvalue weighted by Crippen LogP contribution is -2.25. The second-order valence-electron chi connectivity index (χ2n) is 5.29. The molecule has 15 heavy (non-hydrogen) atoms. The maximum absolute atomic E-state index is 3.70. The zero-order valence-corrected chi connectivity index (χ0v) is 9.37. The van der Waals surface area contributed by atoms with Crippen molar-refractivity contribution in [3.63, 3.8) is 0 Å². The van der Waals surface area contributed by atoms with Crippen molar-refractivity contribution in [1.29, 1.82) is 0 Å². The number of hydrogen-bond donors (Lipinski definition) is 1. The highest BCUT2D eigenvalue weighted by atomic mass is 14.9. The fourth-order valence-corrected chi connectivity index (χ4v) is 3.29. The lowest BCUT2D eigenvalue weighted by Gasteiger charge is -2.24. The first-order valence-electron chi connectivity index (χ1n) is 6.14. The third kappa shape index (κ3) is 1.75. The van der Waals surface area contributed by atoms with E-state index in [2.05, 4.69) is 36.5 Å². The van der Waals surface area contributed by atoms with Crippen molar-refractivity contribution in [3.05, 3.63) is 29.8 Å². The van der Waals surface area contributed by atoms with Crippen LogP contribution in [0.4, 0.5) is 5.69 Å². The highest BCUT2D eigenvalue weighted by molar-refractivity contribution is 5.45. The van der Waals surface area contributed by atoms with Crippen molar-refractivity contribution >= 4 is 5.69 Å². The molecule has 0 amide bonds. The Kier molecular flexibility index (Phi) is 2.19. The van der Waals surface area contributed by atoms with Crippen LogP contribution in [0.3, 0.4) is 0 Å². The van der Waals surface area contributed by atoms with Crippen molar-refractivity contribution in [3.8, 4) is 0 Å². The molecule has 2 bridgehead atoms. The third-order valence-electron chi connectivity index (χ3n) is 4.14. The SMILES string of the molecule is Cc1ccc(N[C@@H]2C[C@H]3CC[C@@H]2C3)cc1. The molecule has 0 saturated heterocycles. The summed E-state index contributed by atoms with van der Waals surface area (Å²) in [7, 11) is 0. The predicted octanol–water partition coefficient (Wildman–Crippen LogP) is 3.60. The average molecular weight is 201 g/mol. The van der Waals surface area contributed by atoms with Crippen molar-refractivity contribution < 1.29 is 0 Å². The van der Waals surface area contributed by atoms with E-state index in [1.165, 1.54) is 36.9 Å². The highest BCUT2D eigenvalue weighted by Crippen LogP contribution is 2.45. The normalized spacial score (nSPS) is 33.3. The molecule has 3 atom stereocenters. The zero-order valence-electron chi connectivity index (χ0n) is 9.37. The Morgan fingerprint density at radius 1 is 1.07 bits per heavy atom. The van der Waals surface area contributed by atoms with E-state index in [9.17, 15) is 0 Å². The summed E-state index contributed by atoms with van der Waals surface area (Å²) in [6, 6.07) is 9.56. The lowest BCUT2D eigenvalue weighted by molar-refractivity contribution is 0.440. The largest absolute Gasteiger partial charge is 0.382 e. The van der Waals surface area contributed by atoms with Crippen LogP contribution in [-0.2, 0) is 0 Å². The van der Waals surface area contributed by atoms with E-state index in [0.29, 0.717) is 0 Å². The van der Waals surface area contributed by atoms with E-state index < -0.39 is 0 Å². The molecule has 2 aliphatic rings. The Bertz CT molecular complexity index is 341. The summed E-state index contributed by atoms with van der Waals surface area (Å²) in [5.41, 5.74) is 2.65. The van der Waals surface area contributed by atoms with Crippen LogP contribution in [0.1, 0.15) is 31.2 Å². The second kappa shape index (κ2) is 3.55. The van der Waals surface area contributed by atoms with Crippen molar-refractivity contribution in [2.45, 2.75) is 38.6 Å². The standard InChI is InChI=1S/C14H19N/c1-10-2-6-13(7-3-10)15-14-9-11-4-5-12(14)8-11/h2-3,6-7,11-12,14-15H,4-5,8-9H2,1H3/t11-,12+,14+/m0/s1. The molecule has 0 heterocycles. The van der Waals surface area contributed by atoms with Gasteiger partial charge in [-0.3, -0.25) is 0 Å². The molecular weight excluding hydrogens is 182 g/mol. The van der Waals surface area contributed by atoms with Gasteiger partial charge in [0.25, 0.3) is 0 Å². The predicted molar refractivity (Wildman–Crippen MR) is 64.0 cm³/mol. The van der Waals surface area contributed by atoms with Crippen LogP contribution in [-0.4, -0.2) is 6.04 Å². The second-order valence-corrected chi connectivity index (χ2v) is 5.29. The molecule has 0 radical (unpaired) electrons. The maximum atomic E-state index is 3.70. The molecule has 2 fully saturated rings. The van der Waals surface area contributed by atoms with Gasteiger partial charge in [0.15, 0.2) is 0 Å². The van der Waals surface area contributed by atoms with E-state index in [0.717, 1.165) is 17.9 Å². The van der Waals surface area contributed by atoms with Gasteiger partial charge in [-0.05, 0) is 50.2 Å². The Labute approximate surface area is 91.9 Å². The van der Waals surface area contributed by atoms with Gasteiger partial charge in [-0.2, -0.15) is 0 Å². The molecule has 1 N–H and O–H groups in total. The molecule has 1 aromatic rings. The molecule has 80 valence electrons. The van der Waals surface area contributed by atoms with Crippen LogP contribution in [0.2, 0.25) is 0 Å². The van der Waals surface area contributed by atoms with Gasteiger partial charge in [-0.15, -0.1) is 0 Å². The summed E-state index contributed by atoms with van der Waals surface area (Å²) < 4.78 is 0. The van der Waals surface area contributed by atoms with Gasteiger partial charge in [-0.25, -0.2) is 0 Å². The van der Waals surface area contributed by atoms with Crippen LogP contribution < -0.4 is 5.32 Å². The number of rotatable bonds is 2. The Morgan fingerprint density at radius 3 is 2.47 bits per heavy atom. The molecule has 1 nitrogen and oxygen atoms in total. The molecule has 0 aliphatic heterocycles. The summed E-state index contributed by atoms with van der Waals surface area (Å²) >= 11 is 0. The number of hydrogen-bond acceptors (Lipinski definition) is 1. The zero-order chi connectivity index (χ0) is 10.3. The first kappa shape index (κ1) is 9.26. The molecule has 3 rings (SSSR count). The Morgan fingerprint density at radius 2 is 1.87 bits per heavy atom. The summed E-state index contributed by atoms with van der Waals surface area (Å²) in [5, 5.41) is 3.70. The van der Waals surface area contributed by atoms with Gasteiger partial charge < -0.3 is 5.32 Å². The lowest BCUT2D eigenvalue weighted by atomic mass is 9.95. The minimum atomic E-state index is 0.756. The monoisotopic (exact) mass is 201 g/mol. The van der Waals surface area contributed by atoms with E-state index >= 15 is 0 Å². The maximum Gasteiger partial charge on any atom is 0.0342 e. The number of fused-ring (bicyclic) bond motifs is 2. The number of aryl methyl sites for hydroxylation is 1. The van der Waals surface area contributed by atoms with E-state index in [1.807, 2.05) is 0 Å². The van der Waals surface area contributed by atoms with Crippen LogP contribution in [0.15, 0.2) is 24.3 Å². The van der Waals surface area contributed by atoms with Crippen LogP contribution in [0.25, 0.3) is 0 Å². The number of nitrogens with one attached hydrogen (secondary N) is 1. The van der Waals surface area contributed by atoms with Gasteiger partial charge in [0, 0.05) is 11.7 Å². The average Bonchev–Trinajstić information content (AvgIpc) is 2.83. The summed E-state index contributed by atoms with van der Waals surface area (Å²) in [6.07, 6.45) is 5.81. The van der Waals surface area contributed by atoms with E-state index in [-0.39, 0.29) is 0 Å². The molecule has 1 aromatic carbocycles. The quantitative estimate of drug-likeness (QED) is 0.771. The molecule has 0 unspecified atom stereocenters. The molecule has 2 aliphatic carbocycles. The molecule has 1 heteroatoms. The smallest absolute Gasteiger partial charge is 0.0342 e.